The molecule has 3 heteroatoms. The van der Waals surface area contributed by atoms with E-state index in [2.05, 4.69) is 83.0 Å². The molecule has 1 N–H and O–H groups in total. The number of ether oxygens (including phenoxy) is 1. The molecule has 2 unspecified atom stereocenters. The Morgan fingerprint density at radius 1 is 0.848 bits per heavy atom. The molecule has 0 radical (unpaired) electrons. The summed E-state index contributed by atoms with van der Waals surface area (Å²) in [6, 6.07) is 31.2. The van der Waals surface area contributed by atoms with Crippen LogP contribution in [-0.2, 0) is 13.0 Å². The predicted octanol–water partition coefficient (Wildman–Crippen LogP) is 6.40. The Balaban J connectivity index is 1.37. The molecule has 0 spiro atoms. The third-order valence-corrected chi connectivity index (χ3v) is 6.88. The molecule has 0 aromatic heterocycles. The van der Waals surface area contributed by atoms with E-state index in [1.807, 2.05) is 12.1 Å². The molecule has 0 bridgehead atoms. The molecular weight excluding hydrogens is 404 g/mol. The first-order chi connectivity index (χ1) is 16.3. The summed E-state index contributed by atoms with van der Waals surface area (Å²) in [7, 11) is 1.76. The summed E-state index contributed by atoms with van der Waals surface area (Å²) in [5.74, 6) is 0.965. The van der Waals surface area contributed by atoms with Crippen LogP contribution in [0.3, 0.4) is 0 Å². The Morgan fingerprint density at radius 3 is 2.36 bits per heavy atom. The standard InChI is InChI=1S/C30H38N2O/c1-33-29-21-11-10-19-27(29)24-31-28-20-13-23-32(30(28)26-17-8-3-9-18-26)22-12-4-7-16-25-14-5-2-6-15-25/h2-3,5-6,8-11,14-15,17-19,21,28,30-31H,4,7,12-13,16,20,22-24H2,1H3. The normalized spacial score (nSPS) is 18.8. The number of hydrogen-bond donors (Lipinski definition) is 1. The van der Waals surface area contributed by atoms with Crippen LogP contribution in [0.25, 0.3) is 0 Å². The summed E-state index contributed by atoms with van der Waals surface area (Å²) >= 11 is 0. The zero-order chi connectivity index (χ0) is 22.7. The van der Waals surface area contributed by atoms with Gasteiger partial charge in [0.15, 0.2) is 0 Å². The lowest BCUT2D eigenvalue weighted by atomic mass is 9.89. The number of unbranched alkanes of at least 4 members (excludes halogenated alkanes) is 2. The molecule has 1 aliphatic heterocycles. The molecule has 1 saturated heterocycles. The summed E-state index contributed by atoms with van der Waals surface area (Å²) in [4.78, 5) is 2.72. The molecule has 3 nitrogen and oxygen atoms in total. The van der Waals surface area contributed by atoms with Gasteiger partial charge in [0.25, 0.3) is 0 Å². The number of aryl methyl sites for hydroxylation is 1. The van der Waals surface area contributed by atoms with E-state index in [0.717, 1.165) is 12.3 Å². The van der Waals surface area contributed by atoms with Gasteiger partial charge in [0.2, 0.25) is 0 Å². The maximum atomic E-state index is 5.58. The molecule has 0 saturated carbocycles. The van der Waals surface area contributed by atoms with Crippen LogP contribution in [0.15, 0.2) is 84.9 Å². The topological polar surface area (TPSA) is 24.5 Å². The van der Waals surface area contributed by atoms with Crippen LogP contribution in [0.5, 0.6) is 5.75 Å². The number of methoxy groups -OCH3 is 1. The average molecular weight is 443 g/mol. The van der Waals surface area contributed by atoms with E-state index in [1.165, 1.54) is 68.3 Å². The van der Waals surface area contributed by atoms with Crippen molar-refractivity contribution < 1.29 is 4.74 Å². The van der Waals surface area contributed by atoms with Gasteiger partial charge in [-0.25, -0.2) is 0 Å². The summed E-state index contributed by atoms with van der Waals surface area (Å²) in [5, 5.41) is 3.89. The van der Waals surface area contributed by atoms with Crippen LogP contribution >= 0.6 is 0 Å². The van der Waals surface area contributed by atoms with Crippen LogP contribution in [-0.4, -0.2) is 31.1 Å². The van der Waals surface area contributed by atoms with E-state index >= 15 is 0 Å². The number of likely N-dealkylation sites (tertiary alicyclic amines) is 1. The lowest BCUT2D eigenvalue weighted by Crippen LogP contribution is -2.48. The van der Waals surface area contributed by atoms with Gasteiger partial charge in [-0.15, -0.1) is 0 Å². The maximum Gasteiger partial charge on any atom is 0.123 e. The fraction of sp³-hybridized carbons (Fsp3) is 0.400. The summed E-state index contributed by atoms with van der Waals surface area (Å²) < 4.78 is 5.58. The molecule has 174 valence electrons. The SMILES string of the molecule is COc1ccccc1CNC1CCCN(CCCCCc2ccccc2)C1c1ccccc1. The molecule has 33 heavy (non-hydrogen) atoms. The molecule has 1 aliphatic rings. The van der Waals surface area contributed by atoms with E-state index < -0.39 is 0 Å². The van der Waals surface area contributed by atoms with Gasteiger partial charge in [0.1, 0.15) is 5.75 Å². The molecular formula is C30H38N2O. The van der Waals surface area contributed by atoms with Crippen LogP contribution < -0.4 is 10.1 Å². The second-order valence-electron chi connectivity index (χ2n) is 9.13. The minimum absolute atomic E-state index is 0.420. The highest BCUT2D eigenvalue weighted by atomic mass is 16.5. The Kier molecular flexibility index (Phi) is 8.97. The van der Waals surface area contributed by atoms with E-state index in [4.69, 9.17) is 4.74 Å². The monoisotopic (exact) mass is 442 g/mol. The third kappa shape index (κ3) is 6.69. The summed E-state index contributed by atoms with van der Waals surface area (Å²) in [6.45, 7) is 3.19. The minimum Gasteiger partial charge on any atom is -0.496 e. The number of para-hydroxylation sites is 1. The van der Waals surface area contributed by atoms with E-state index in [-0.39, 0.29) is 0 Å². The number of hydrogen-bond acceptors (Lipinski definition) is 3. The predicted molar refractivity (Wildman–Crippen MR) is 138 cm³/mol. The van der Waals surface area contributed by atoms with Gasteiger partial charge in [-0.05, 0) is 62.4 Å². The van der Waals surface area contributed by atoms with Crippen molar-refractivity contribution in [3.8, 4) is 5.75 Å². The van der Waals surface area contributed by atoms with Crippen molar-refractivity contribution >= 4 is 0 Å². The minimum atomic E-state index is 0.420. The number of piperidine rings is 1. The van der Waals surface area contributed by atoms with Gasteiger partial charge in [-0.1, -0.05) is 85.3 Å². The van der Waals surface area contributed by atoms with Gasteiger partial charge in [0, 0.05) is 18.2 Å². The zero-order valence-electron chi connectivity index (χ0n) is 20.0. The fourth-order valence-electron chi connectivity index (χ4n) is 5.18. The maximum absolute atomic E-state index is 5.58. The van der Waals surface area contributed by atoms with Gasteiger partial charge in [0.05, 0.1) is 13.2 Å². The lowest BCUT2D eigenvalue weighted by Gasteiger charge is -2.42. The van der Waals surface area contributed by atoms with Gasteiger partial charge >= 0.3 is 0 Å². The molecule has 3 aromatic rings. The number of nitrogens with one attached hydrogen (secondary N) is 1. The number of benzene rings is 3. The Morgan fingerprint density at radius 2 is 1.58 bits per heavy atom. The number of nitrogens with zero attached hydrogens (tertiary/aromatic N) is 1. The average Bonchev–Trinajstić information content (AvgIpc) is 2.88. The van der Waals surface area contributed by atoms with Crippen LogP contribution in [0.1, 0.15) is 54.8 Å². The van der Waals surface area contributed by atoms with Crippen molar-refractivity contribution in [1.29, 1.82) is 0 Å². The quantitative estimate of drug-likeness (QED) is 0.348. The molecule has 0 aliphatic carbocycles. The third-order valence-electron chi connectivity index (χ3n) is 6.88. The lowest BCUT2D eigenvalue weighted by molar-refractivity contribution is 0.108. The molecule has 0 amide bonds. The zero-order valence-corrected chi connectivity index (χ0v) is 20.0. The largest absolute Gasteiger partial charge is 0.496 e. The van der Waals surface area contributed by atoms with Crippen molar-refractivity contribution in [2.45, 2.75) is 57.2 Å². The smallest absolute Gasteiger partial charge is 0.123 e. The molecule has 1 fully saturated rings. The molecule has 2 atom stereocenters. The van der Waals surface area contributed by atoms with E-state index in [9.17, 15) is 0 Å². The first kappa shape index (κ1) is 23.5. The van der Waals surface area contributed by atoms with E-state index in [0.29, 0.717) is 12.1 Å². The molecule has 1 heterocycles. The highest BCUT2D eigenvalue weighted by Gasteiger charge is 2.32. The van der Waals surface area contributed by atoms with Gasteiger partial charge in [-0.2, -0.15) is 0 Å². The second kappa shape index (κ2) is 12.6. The second-order valence-corrected chi connectivity index (χ2v) is 9.13. The highest BCUT2D eigenvalue weighted by Crippen LogP contribution is 2.32. The highest BCUT2D eigenvalue weighted by molar-refractivity contribution is 5.33. The van der Waals surface area contributed by atoms with Crippen molar-refractivity contribution in [1.82, 2.24) is 10.2 Å². The Hall–Kier alpha value is -2.62. The first-order valence-electron chi connectivity index (χ1n) is 12.5. The molecule has 3 aromatic carbocycles. The number of rotatable bonds is 11. The van der Waals surface area contributed by atoms with Crippen LogP contribution in [0, 0.1) is 0 Å². The fourth-order valence-corrected chi connectivity index (χ4v) is 5.18. The Labute approximate surface area is 199 Å². The summed E-state index contributed by atoms with van der Waals surface area (Å²) in [6.07, 6.45) is 7.45. The van der Waals surface area contributed by atoms with Crippen molar-refractivity contribution in [2.75, 3.05) is 20.2 Å². The van der Waals surface area contributed by atoms with Crippen LogP contribution in [0.2, 0.25) is 0 Å². The van der Waals surface area contributed by atoms with E-state index in [1.54, 1.807) is 7.11 Å². The van der Waals surface area contributed by atoms with Crippen LogP contribution in [0.4, 0.5) is 0 Å². The van der Waals surface area contributed by atoms with Crippen molar-refractivity contribution in [3.63, 3.8) is 0 Å². The Bertz CT molecular complexity index is 944. The first-order valence-corrected chi connectivity index (χ1v) is 12.5. The van der Waals surface area contributed by atoms with Crippen molar-refractivity contribution in [2.24, 2.45) is 0 Å². The summed E-state index contributed by atoms with van der Waals surface area (Å²) in [5.41, 5.74) is 4.11. The van der Waals surface area contributed by atoms with Gasteiger partial charge < -0.3 is 10.1 Å². The van der Waals surface area contributed by atoms with Gasteiger partial charge in [-0.3, -0.25) is 4.90 Å². The van der Waals surface area contributed by atoms with Crippen molar-refractivity contribution in [3.05, 3.63) is 102 Å². The molecule has 4 rings (SSSR count).